The monoisotopic (exact) mass is 469 g/mol. The lowest BCUT2D eigenvalue weighted by atomic mass is 9.98. The summed E-state index contributed by atoms with van der Waals surface area (Å²) in [6.07, 6.45) is 2.14. The zero-order valence-electron chi connectivity index (χ0n) is 16.4. The van der Waals surface area contributed by atoms with Crippen molar-refractivity contribution in [1.82, 2.24) is 20.9 Å². The van der Waals surface area contributed by atoms with Crippen molar-refractivity contribution in [2.45, 2.75) is 46.1 Å². The Bertz CT molecular complexity index is 412. The standard InChI is InChI=1S/C17H35N5O2.HI/c1-6-22-11-7-8-14(13-22)12-21-15(18-5)19-9-10-20-16(23)24-17(2,3)4;/h14H,6-13H2,1-5H3,(H,20,23)(H2,18,19,21);1H. The first kappa shape index (κ1) is 24.2. The van der Waals surface area contributed by atoms with E-state index >= 15 is 0 Å². The average Bonchev–Trinajstić information content (AvgIpc) is 2.52. The fraction of sp³-hybridized carbons (Fsp3) is 0.882. The quantitative estimate of drug-likeness (QED) is 0.240. The van der Waals surface area contributed by atoms with Crippen molar-refractivity contribution in [3.8, 4) is 0 Å². The summed E-state index contributed by atoms with van der Waals surface area (Å²) in [7, 11) is 1.76. The molecule has 25 heavy (non-hydrogen) atoms. The molecule has 1 amide bonds. The van der Waals surface area contributed by atoms with Gasteiger partial charge in [-0.25, -0.2) is 4.79 Å². The molecule has 1 aliphatic heterocycles. The van der Waals surface area contributed by atoms with E-state index in [0.717, 1.165) is 25.6 Å². The summed E-state index contributed by atoms with van der Waals surface area (Å²) >= 11 is 0. The lowest BCUT2D eigenvalue weighted by Crippen LogP contribution is -2.46. The van der Waals surface area contributed by atoms with Gasteiger partial charge in [0.1, 0.15) is 5.60 Å². The SMILES string of the molecule is CCN1CCCC(CNC(=NC)NCCNC(=O)OC(C)(C)C)C1.I. The maximum Gasteiger partial charge on any atom is 0.407 e. The van der Waals surface area contributed by atoms with E-state index in [2.05, 4.69) is 32.8 Å². The molecule has 1 fully saturated rings. The molecule has 0 saturated carbocycles. The van der Waals surface area contributed by atoms with Crippen LogP contribution in [0.2, 0.25) is 0 Å². The Morgan fingerprint density at radius 2 is 1.92 bits per heavy atom. The van der Waals surface area contributed by atoms with Crippen molar-refractivity contribution in [2.24, 2.45) is 10.9 Å². The van der Waals surface area contributed by atoms with Gasteiger partial charge < -0.3 is 25.6 Å². The summed E-state index contributed by atoms with van der Waals surface area (Å²) in [6, 6.07) is 0. The largest absolute Gasteiger partial charge is 0.444 e. The van der Waals surface area contributed by atoms with Crippen LogP contribution in [0.3, 0.4) is 0 Å². The summed E-state index contributed by atoms with van der Waals surface area (Å²) in [5.41, 5.74) is -0.471. The van der Waals surface area contributed by atoms with Crippen LogP contribution in [0.1, 0.15) is 40.5 Å². The Morgan fingerprint density at radius 3 is 2.52 bits per heavy atom. The molecule has 7 nitrogen and oxygen atoms in total. The average molecular weight is 469 g/mol. The van der Waals surface area contributed by atoms with Crippen molar-refractivity contribution in [3.05, 3.63) is 0 Å². The molecule has 1 heterocycles. The molecule has 1 unspecified atom stereocenters. The number of alkyl carbamates (subject to hydrolysis) is 1. The van der Waals surface area contributed by atoms with Crippen molar-refractivity contribution in [3.63, 3.8) is 0 Å². The number of amides is 1. The minimum Gasteiger partial charge on any atom is -0.444 e. The normalized spacial score (nSPS) is 18.9. The van der Waals surface area contributed by atoms with Gasteiger partial charge >= 0.3 is 6.09 Å². The molecule has 0 aliphatic carbocycles. The number of hydrogen-bond donors (Lipinski definition) is 3. The van der Waals surface area contributed by atoms with Gasteiger partial charge in [-0.05, 0) is 52.6 Å². The minimum absolute atomic E-state index is 0. The number of halogens is 1. The predicted molar refractivity (Wildman–Crippen MR) is 114 cm³/mol. The van der Waals surface area contributed by atoms with E-state index < -0.39 is 11.7 Å². The number of nitrogens with one attached hydrogen (secondary N) is 3. The zero-order chi connectivity index (χ0) is 18.0. The Labute approximate surface area is 169 Å². The highest BCUT2D eigenvalue weighted by Crippen LogP contribution is 2.14. The molecule has 1 rings (SSSR count). The second-order valence-electron chi connectivity index (χ2n) is 7.21. The van der Waals surface area contributed by atoms with Crippen LogP contribution in [0.25, 0.3) is 0 Å². The van der Waals surface area contributed by atoms with Gasteiger partial charge in [-0.2, -0.15) is 0 Å². The molecule has 0 aromatic rings. The van der Waals surface area contributed by atoms with E-state index in [1.165, 1.54) is 19.4 Å². The predicted octanol–water partition coefficient (Wildman–Crippen LogP) is 2.03. The van der Waals surface area contributed by atoms with Gasteiger partial charge in [0.15, 0.2) is 5.96 Å². The van der Waals surface area contributed by atoms with Gasteiger partial charge in [0.2, 0.25) is 0 Å². The lowest BCUT2D eigenvalue weighted by Gasteiger charge is -2.32. The number of rotatable bonds is 6. The maximum atomic E-state index is 11.6. The minimum atomic E-state index is -0.471. The molecule has 1 atom stereocenters. The highest BCUT2D eigenvalue weighted by atomic mass is 127. The van der Waals surface area contributed by atoms with Crippen LogP contribution in [0.5, 0.6) is 0 Å². The molecular weight excluding hydrogens is 433 g/mol. The van der Waals surface area contributed by atoms with Crippen molar-refractivity contribution in [1.29, 1.82) is 0 Å². The Balaban J connectivity index is 0.00000576. The summed E-state index contributed by atoms with van der Waals surface area (Å²) in [6.45, 7) is 13.3. The molecule has 0 aromatic carbocycles. The number of aliphatic imine (C=N–C) groups is 1. The van der Waals surface area contributed by atoms with Gasteiger partial charge in [0.25, 0.3) is 0 Å². The third kappa shape index (κ3) is 11.5. The number of piperidine rings is 1. The van der Waals surface area contributed by atoms with E-state index in [0.29, 0.717) is 19.0 Å². The van der Waals surface area contributed by atoms with Crippen LogP contribution in [0.4, 0.5) is 4.79 Å². The fourth-order valence-electron chi connectivity index (χ4n) is 2.73. The molecule has 1 aliphatic rings. The maximum absolute atomic E-state index is 11.6. The second kappa shape index (κ2) is 12.6. The molecule has 0 aromatic heterocycles. The Hall–Kier alpha value is -0.770. The number of carbonyl (C=O) groups is 1. The zero-order valence-corrected chi connectivity index (χ0v) is 18.7. The van der Waals surface area contributed by atoms with Gasteiger partial charge in [0, 0.05) is 33.2 Å². The topological polar surface area (TPSA) is 78.0 Å². The van der Waals surface area contributed by atoms with Crippen LogP contribution < -0.4 is 16.0 Å². The third-order valence-corrected chi connectivity index (χ3v) is 3.92. The van der Waals surface area contributed by atoms with Crippen molar-refractivity contribution < 1.29 is 9.53 Å². The van der Waals surface area contributed by atoms with E-state index in [1.54, 1.807) is 7.05 Å². The first-order valence-corrected chi connectivity index (χ1v) is 8.97. The summed E-state index contributed by atoms with van der Waals surface area (Å²) in [5, 5.41) is 9.31. The molecule has 148 valence electrons. The fourth-order valence-corrected chi connectivity index (χ4v) is 2.73. The van der Waals surface area contributed by atoms with E-state index in [1.807, 2.05) is 20.8 Å². The van der Waals surface area contributed by atoms with Gasteiger partial charge in [0.05, 0.1) is 0 Å². The molecular formula is C17H36IN5O2. The van der Waals surface area contributed by atoms with Crippen molar-refractivity contribution >= 4 is 36.0 Å². The van der Waals surface area contributed by atoms with Crippen LogP contribution in [0, 0.1) is 5.92 Å². The smallest absolute Gasteiger partial charge is 0.407 e. The van der Waals surface area contributed by atoms with E-state index in [9.17, 15) is 4.79 Å². The highest BCUT2D eigenvalue weighted by molar-refractivity contribution is 14.0. The molecule has 0 spiro atoms. The van der Waals surface area contributed by atoms with E-state index in [-0.39, 0.29) is 24.0 Å². The third-order valence-electron chi connectivity index (χ3n) is 3.92. The van der Waals surface area contributed by atoms with Crippen LogP contribution in [-0.2, 0) is 4.74 Å². The molecule has 1 saturated heterocycles. The highest BCUT2D eigenvalue weighted by Gasteiger charge is 2.19. The molecule has 8 heteroatoms. The molecule has 0 radical (unpaired) electrons. The summed E-state index contributed by atoms with van der Waals surface area (Å²) < 4.78 is 5.19. The number of guanidine groups is 1. The Kier molecular flexibility index (Phi) is 12.2. The lowest BCUT2D eigenvalue weighted by molar-refractivity contribution is 0.0529. The van der Waals surface area contributed by atoms with E-state index in [4.69, 9.17) is 4.74 Å². The number of hydrogen-bond acceptors (Lipinski definition) is 4. The van der Waals surface area contributed by atoms with Crippen molar-refractivity contribution in [2.75, 3.05) is 46.3 Å². The second-order valence-corrected chi connectivity index (χ2v) is 7.21. The number of carbonyl (C=O) groups excluding carboxylic acids is 1. The van der Waals surface area contributed by atoms with Crippen LogP contribution in [-0.4, -0.2) is 68.9 Å². The van der Waals surface area contributed by atoms with Crippen LogP contribution >= 0.6 is 24.0 Å². The Morgan fingerprint density at radius 1 is 1.24 bits per heavy atom. The van der Waals surface area contributed by atoms with Crippen LogP contribution in [0.15, 0.2) is 4.99 Å². The summed E-state index contributed by atoms with van der Waals surface area (Å²) in [4.78, 5) is 18.3. The first-order valence-electron chi connectivity index (χ1n) is 8.97. The number of ether oxygens (including phenoxy) is 1. The number of likely N-dealkylation sites (tertiary alicyclic amines) is 1. The van der Waals surface area contributed by atoms with Gasteiger partial charge in [-0.1, -0.05) is 6.92 Å². The van der Waals surface area contributed by atoms with Gasteiger partial charge in [-0.3, -0.25) is 4.99 Å². The first-order chi connectivity index (χ1) is 11.3. The van der Waals surface area contributed by atoms with Gasteiger partial charge in [-0.15, -0.1) is 24.0 Å². The number of nitrogens with zero attached hydrogens (tertiary/aromatic N) is 2. The summed E-state index contributed by atoms with van der Waals surface area (Å²) in [5.74, 6) is 1.44. The molecule has 0 bridgehead atoms. The molecule has 3 N–H and O–H groups in total.